The second-order valence-corrected chi connectivity index (χ2v) is 8.62. The summed E-state index contributed by atoms with van der Waals surface area (Å²) in [5.74, 6) is 1.08. The number of piperazine rings is 1. The minimum absolute atomic E-state index is 0.0837. The molecule has 0 saturated carbocycles. The largest absolute Gasteiger partial charge is 0.462 e. The van der Waals surface area contributed by atoms with Crippen LogP contribution < -0.4 is 0 Å². The van der Waals surface area contributed by atoms with Gasteiger partial charge in [0.25, 0.3) is 5.69 Å². The number of hydrogen-bond acceptors (Lipinski definition) is 6. The summed E-state index contributed by atoms with van der Waals surface area (Å²) in [5.41, 5.74) is 0.159. The molecule has 0 unspecified atom stereocenters. The average molecular weight is 419 g/mol. The molecule has 1 saturated heterocycles. The van der Waals surface area contributed by atoms with Gasteiger partial charge in [-0.1, -0.05) is 6.07 Å². The number of nitro benzene ring substituents is 1. The summed E-state index contributed by atoms with van der Waals surface area (Å²) in [4.78, 5) is 24.2. The topological polar surface area (TPSA) is 114 Å². The Balaban J connectivity index is 1.68. The van der Waals surface area contributed by atoms with Crippen LogP contribution in [0, 0.1) is 24.0 Å². The van der Waals surface area contributed by atoms with Crippen LogP contribution >= 0.6 is 0 Å². The van der Waals surface area contributed by atoms with Gasteiger partial charge in [-0.25, -0.2) is 8.42 Å². The van der Waals surface area contributed by atoms with Crippen LogP contribution in [-0.4, -0.2) is 54.6 Å². The van der Waals surface area contributed by atoms with Crippen molar-refractivity contribution in [2.45, 2.75) is 18.7 Å². The standard InChI is InChI=1S/C19H21N3O6S/c1-14-3-5-16(22(24)25)13-18(14)29(26,27)21-11-9-20(10-12-21)19(23)8-7-17-6-4-15(2)28-17/h3-8,13H,9-12H2,1-2H3/b8-7+. The Labute approximate surface area is 168 Å². The molecular formula is C19H21N3O6S. The van der Waals surface area contributed by atoms with Crippen LogP contribution in [0.3, 0.4) is 0 Å². The lowest BCUT2D eigenvalue weighted by molar-refractivity contribution is -0.385. The molecule has 29 heavy (non-hydrogen) atoms. The Morgan fingerprint density at radius 2 is 1.83 bits per heavy atom. The molecule has 1 aliphatic heterocycles. The van der Waals surface area contributed by atoms with Crippen LogP contribution in [-0.2, 0) is 14.8 Å². The summed E-state index contributed by atoms with van der Waals surface area (Å²) in [7, 11) is -3.89. The lowest BCUT2D eigenvalue weighted by Crippen LogP contribution is -2.50. The van der Waals surface area contributed by atoms with E-state index in [1.165, 1.54) is 22.5 Å². The molecule has 0 radical (unpaired) electrons. The summed E-state index contributed by atoms with van der Waals surface area (Å²) < 4.78 is 32.5. The van der Waals surface area contributed by atoms with Crippen molar-refractivity contribution in [2.75, 3.05) is 26.2 Å². The Hall–Kier alpha value is -2.98. The van der Waals surface area contributed by atoms with Gasteiger partial charge in [0, 0.05) is 44.4 Å². The first-order chi connectivity index (χ1) is 13.7. The second-order valence-electron chi connectivity index (χ2n) is 6.72. The summed E-state index contributed by atoms with van der Waals surface area (Å²) in [5, 5.41) is 11.0. The second kappa shape index (κ2) is 8.18. The first-order valence-corrected chi connectivity index (χ1v) is 10.4. The van der Waals surface area contributed by atoms with Crippen molar-refractivity contribution in [3.8, 4) is 0 Å². The van der Waals surface area contributed by atoms with Gasteiger partial charge < -0.3 is 9.32 Å². The van der Waals surface area contributed by atoms with Gasteiger partial charge in [0.15, 0.2) is 0 Å². The Bertz CT molecular complexity index is 1070. The van der Waals surface area contributed by atoms with E-state index in [0.29, 0.717) is 11.3 Å². The van der Waals surface area contributed by atoms with Gasteiger partial charge in [0.1, 0.15) is 11.5 Å². The Morgan fingerprint density at radius 3 is 2.41 bits per heavy atom. The number of carbonyl (C=O) groups excluding carboxylic acids is 1. The van der Waals surface area contributed by atoms with Crippen LogP contribution in [0.15, 0.2) is 45.7 Å². The monoisotopic (exact) mass is 419 g/mol. The average Bonchev–Trinajstić information content (AvgIpc) is 3.11. The van der Waals surface area contributed by atoms with E-state index < -0.39 is 14.9 Å². The van der Waals surface area contributed by atoms with Crippen LogP contribution in [0.4, 0.5) is 5.69 Å². The lowest BCUT2D eigenvalue weighted by Gasteiger charge is -2.33. The Morgan fingerprint density at radius 1 is 1.14 bits per heavy atom. The maximum Gasteiger partial charge on any atom is 0.270 e. The Kier molecular flexibility index (Phi) is 5.85. The molecule has 2 aromatic rings. The van der Waals surface area contributed by atoms with Crippen molar-refractivity contribution >= 4 is 27.7 Å². The van der Waals surface area contributed by atoms with Crippen LogP contribution in [0.1, 0.15) is 17.1 Å². The number of carbonyl (C=O) groups is 1. The quantitative estimate of drug-likeness (QED) is 0.417. The number of amides is 1. The third-order valence-electron chi connectivity index (χ3n) is 4.70. The number of sulfonamides is 1. The van der Waals surface area contributed by atoms with Gasteiger partial charge in [0.2, 0.25) is 15.9 Å². The molecular weight excluding hydrogens is 398 g/mol. The molecule has 9 nitrogen and oxygen atoms in total. The van der Waals surface area contributed by atoms with E-state index in [9.17, 15) is 23.3 Å². The lowest BCUT2D eigenvalue weighted by atomic mass is 10.2. The van der Waals surface area contributed by atoms with Gasteiger partial charge in [-0.3, -0.25) is 14.9 Å². The fourth-order valence-electron chi connectivity index (χ4n) is 3.07. The zero-order chi connectivity index (χ0) is 21.2. The smallest absolute Gasteiger partial charge is 0.270 e. The number of benzene rings is 1. The number of non-ortho nitro benzene ring substituents is 1. The number of rotatable bonds is 5. The first-order valence-electron chi connectivity index (χ1n) is 8.97. The van der Waals surface area contributed by atoms with Crippen LogP contribution in [0.25, 0.3) is 6.08 Å². The first kappa shape index (κ1) is 20.7. The third kappa shape index (κ3) is 4.54. The molecule has 0 N–H and O–H groups in total. The zero-order valence-corrected chi connectivity index (χ0v) is 16.9. The molecule has 1 fully saturated rings. The number of nitrogens with zero attached hydrogens (tertiary/aromatic N) is 3. The molecule has 1 aromatic carbocycles. The van der Waals surface area contributed by atoms with Gasteiger partial charge >= 0.3 is 0 Å². The van der Waals surface area contributed by atoms with E-state index >= 15 is 0 Å². The zero-order valence-electron chi connectivity index (χ0n) is 16.1. The van der Waals surface area contributed by atoms with Gasteiger partial charge in [-0.2, -0.15) is 4.31 Å². The van der Waals surface area contributed by atoms with Gasteiger partial charge in [-0.05, 0) is 37.6 Å². The highest BCUT2D eigenvalue weighted by Crippen LogP contribution is 2.25. The highest BCUT2D eigenvalue weighted by Gasteiger charge is 2.31. The van der Waals surface area contributed by atoms with E-state index in [4.69, 9.17) is 4.42 Å². The van der Waals surface area contributed by atoms with Crippen molar-refractivity contribution in [1.82, 2.24) is 9.21 Å². The summed E-state index contributed by atoms with van der Waals surface area (Å²) >= 11 is 0. The summed E-state index contributed by atoms with van der Waals surface area (Å²) in [6.07, 6.45) is 2.97. The van der Waals surface area contributed by atoms with Crippen molar-refractivity contribution in [3.63, 3.8) is 0 Å². The number of hydrogen-bond donors (Lipinski definition) is 0. The number of furan rings is 1. The molecule has 0 aliphatic carbocycles. The molecule has 0 spiro atoms. The molecule has 1 aromatic heterocycles. The molecule has 1 aliphatic rings. The third-order valence-corrected chi connectivity index (χ3v) is 6.74. The number of nitro groups is 1. The molecule has 2 heterocycles. The van der Waals surface area contributed by atoms with Crippen LogP contribution in [0.5, 0.6) is 0 Å². The molecule has 1 amide bonds. The van der Waals surface area contributed by atoms with E-state index in [1.807, 2.05) is 6.92 Å². The van der Waals surface area contributed by atoms with E-state index in [0.717, 1.165) is 11.8 Å². The van der Waals surface area contributed by atoms with E-state index in [1.54, 1.807) is 30.0 Å². The normalized spacial score (nSPS) is 15.7. The molecule has 154 valence electrons. The van der Waals surface area contributed by atoms with Gasteiger partial charge in [0.05, 0.1) is 9.82 Å². The van der Waals surface area contributed by atoms with Gasteiger partial charge in [-0.15, -0.1) is 0 Å². The van der Waals surface area contributed by atoms with Crippen molar-refractivity contribution < 1.29 is 22.6 Å². The van der Waals surface area contributed by atoms with Crippen molar-refractivity contribution in [1.29, 1.82) is 0 Å². The van der Waals surface area contributed by atoms with Crippen molar-refractivity contribution in [3.05, 3.63) is 63.6 Å². The fraction of sp³-hybridized carbons (Fsp3) is 0.316. The van der Waals surface area contributed by atoms with E-state index in [2.05, 4.69) is 0 Å². The molecule has 0 atom stereocenters. The molecule has 10 heteroatoms. The molecule has 0 bridgehead atoms. The SMILES string of the molecule is Cc1ccc(/C=C/C(=O)N2CCN(S(=O)(=O)c3cc([N+](=O)[O-])ccc3C)CC2)o1. The predicted octanol–water partition coefficient (Wildman–Crippen LogP) is 2.35. The maximum atomic E-state index is 12.9. The van der Waals surface area contributed by atoms with E-state index in [-0.39, 0.29) is 42.7 Å². The minimum Gasteiger partial charge on any atom is -0.462 e. The highest BCUT2D eigenvalue weighted by atomic mass is 32.2. The fourth-order valence-corrected chi connectivity index (χ4v) is 4.74. The van der Waals surface area contributed by atoms with Crippen LogP contribution in [0.2, 0.25) is 0 Å². The minimum atomic E-state index is -3.89. The maximum absolute atomic E-state index is 12.9. The summed E-state index contributed by atoms with van der Waals surface area (Å²) in [6, 6.07) is 7.33. The highest BCUT2D eigenvalue weighted by molar-refractivity contribution is 7.89. The predicted molar refractivity (Wildman–Crippen MR) is 106 cm³/mol. The molecule has 3 rings (SSSR count). The summed E-state index contributed by atoms with van der Waals surface area (Å²) in [6.45, 7) is 4.09. The van der Waals surface area contributed by atoms with Crippen molar-refractivity contribution in [2.24, 2.45) is 0 Å². The number of aryl methyl sites for hydroxylation is 2.